The molecule has 0 bridgehead atoms. The highest BCUT2D eigenvalue weighted by Crippen LogP contribution is 2.29. The van der Waals surface area contributed by atoms with Crippen LogP contribution in [0.4, 0.5) is 5.95 Å². The van der Waals surface area contributed by atoms with Gasteiger partial charge in [-0.15, -0.1) is 0 Å². The zero-order valence-electron chi connectivity index (χ0n) is 9.88. The molecule has 0 unspecified atom stereocenters. The van der Waals surface area contributed by atoms with Crippen molar-refractivity contribution in [2.75, 3.05) is 12.0 Å². The van der Waals surface area contributed by atoms with Crippen molar-refractivity contribution in [3.63, 3.8) is 0 Å². The number of sulfone groups is 1. The Labute approximate surface area is 114 Å². The summed E-state index contributed by atoms with van der Waals surface area (Å²) in [6.45, 7) is 0. The van der Waals surface area contributed by atoms with Crippen molar-refractivity contribution >= 4 is 31.7 Å². The fourth-order valence-electron chi connectivity index (χ4n) is 1.65. The van der Waals surface area contributed by atoms with Crippen LogP contribution in [0.5, 0.6) is 0 Å². The maximum absolute atomic E-state index is 11.4. The molecule has 2 rings (SSSR count). The Morgan fingerprint density at radius 3 is 2.22 bits per heavy atom. The van der Waals surface area contributed by atoms with Crippen molar-refractivity contribution in [2.24, 2.45) is 7.05 Å². The molecule has 0 amide bonds. The third-order valence-corrected chi connectivity index (χ3v) is 4.32. The van der Waals surface area contributed by atoms with E-state index in [-0.39, 0.29) is 4.90 Å². The maximum atomic E-state index is 11.4. The first kappa shape index (κ1) is 13.1. The second-order valence-electron chi connectivity index (χ2n) is 3.96. The number of imidazole rings is 1. The predicted molar refractivity (Wildman–Crippen MR) is 73.9 cm³/mol. The summed E-state index contributed by atoms with van der Waals surface area (Å²) in [4.78, 5) is 4.39. The number of nitrogens with two attached hydrogens (primary N) is 1. The Bertz CT molecular complexity index is 690. The number of hydrogen-bond acceptors (Lipinski definition) is 4. The molecule has 0 aliphatic rings. The van der Waals surface area contributed by atoms with E-state index in [0.29, 0.717) is 10.6 Å². The molecular weight excluding hydrogens is 318 g/mol. The monoisotopic (exact) mass is 329 g/mol. The fraction of sp³-hybridized carbons (Fsp3) is 0.182. The lowest BCUT2D eigenvalue weighted by Crippen LogP contribution is -1.99. The van der Waals surface area contributed by atoms with Crippen LogP contribution < -0.4 is 5.73 Å². The molecule has 18 heavy (non-hydrogen) atoms. The van der Waals surface area contributed by atoms with Crippen molar-refractivity contribution in [1.29, 1.82) is 0 Å². The molecule has 0 fully saturated rings. The summed E-state index contributed by atoms with van der Waals surface area (Å²) in [7, 11) is -1.38. The van der Waals surface area contributed by atoms with Crippen molar-refractivity contribution < 1.29 is 8.42 Å². The third kappa shape index (κ3) is 2.28. The minimum atomic E-state index is -3.18. The van der Waals surface area contributed by atoms with Crippen LogP contribution >= 0.6 is 15.9 Å². The van der Waals surface area contributed by atoms with Crippen molar-refractivity contribution in [1.82, 2.24) is 9.55 Å². The number of benzene rings is 1. The molecule has 0 aliphatic carbocycles. The first-order valence-corrected chi connectivity index (χ1v) is 7.77. The van der Waals surface area contributed by atoms with E-state index >= 15 is 0 Å². The van der Waals surface area contributed by atoms with E-state index in [1.54, 1.807) is 35.9 Å². The predicted octanol–water partition coefficient (Wildman–Crippen LogP) is 1.84. The molecule has 2 N–H and O–H groups in total. The van der Waals surface area contributed by atoms with Gasteiger partial charge < -0.3 is 10.3 Å². The number of anilines is 1. The van der Waals surface area contributed by atoms with Gasteiger partial charge in [0, 0.05) is 18.9 Å². The summed E-state index contributed by atoms with van der Waals surface area (Å²) in [6, 6.07) is 6.61. The SMILES string of the molecule is Cn1c(N)nc(Br)c1-c1ccc(S(C)(=O)=O)cc1. The minimum absolute atomic E-state index is 0.289. The second-order valence-corrected chi connectivity index (χ2v) is 6.73. The molecule has 0 radical (unpaired) electrons. The number of aromatic nitrogens is 2. The lowest BCUT2D eigenvalue weighted by molar-refractivity contribution is 0.602. The first-order chi connectivity index (χ1) is 8.30. The summed E-state index contributed by atoms with van der Waals surface area (Å²) >= 11 is 3.33. The van der Waals surface area contributed by atoms with Crippen LogP contribution in [0.1, 0.15) is 0 Å². The smallest absolute Gasteiger partial charge is 0.201 e. The normalized spacial score (nSPS) is 11.7. The van der Waals surface area contributed by atoms with E-state index in [2.05, 4.69) is 20.9 Å². The highest BCUT2D eigenvalue weighted by molar-refractivity contribution is 9.10. The summed E-state index contributed by atoms with van der Waals surface area (Å²) in [5.74, 6) is 0.393. The standard InChI is InChI=1S/C11H12BrN3O2S/c1-15-9(10(12)14-11(15)13)7-3-5-8(6-4-7)18(2,16)17/h3-6H,1-2H3,(H2,13,14). The van der Waals surface area contributed by atoms with Gasteiger partial charge >= 0.3 is 0 Å². The summed E-state index contributed by atoms with van der Waals surface area (Å²) in [6.07, 6.45) is 1.18. The van der Waals surface area contributed by atoms with Gasteiger partial charge in [0.2, 0.25) is 5.95 Å². The van der Waals surface area contributed by atoms with Crippen LogP contribution in [-0.2, 0) is 16.9 Å². The van der Waals surface area contributed by atoms with Gasteiger partial charge in [-0.25, -0.2) is 13.4 Å². The fourth-order valence-corrected chi connectivity index (χ4v) is 2.96. The van der Waals surface area contributed by atoms with E-state index < -0.39 is 9.84 Å². The van der Waals surface area contributed by atoms with Gasteiger partial charge in [-0.05, 0) is 28.1 Å². The first-order valence-electron chi connectivity index (χ1n) is 5.09. The van der Waals surface area contributed by atoms with Gasteiger partial charge in [0.25, 0.3) is 0 Å². The summed E-state index contributed by atoms with van der Waals surface area (Å²) in [5, 5.41) is 0. The zero-order valence-corrected chi connectivity index (χ0v) is 12.3. The van der Waals surface area contributed by atoms with E-state index in [4.69, 9.17) is 5.73 Å². The molecule has 0 saturated carbocycles. The van der Waals surface area contributed by atoms with Crippen LogP contribution in [-0.4, -0.2) is 24.2 Å². The number of hydrogen-bond donors (Lipinski definition) is 1. The van der Waals surface area contributed by atoms with Gasteiger partial charge in [0.15, 0.2) is 9.84 Å². The van der Waals surface area contributed by atoms with Gasteiger partial charge in [-0.1, -0.05) is 12.1 Å². The Morgan fingerprint density at radius 2 is 1.83 bits per heavy atom. The Balaban J connectivity index is 2.53. The highest BCUT2D eigenvalue weighted by Gasteiger charge is 2.13. The van der Waals surface area contributed by atoms with E-state index in [9.17, 15) is 8.42 Å². The molecule has 7 heteroatoms. The summed E-state index contributed by atoms with van der Waals surface area (Å²) < 4.78 is 25.1. The van der Waals surface area contributed by atoms with Gasteiger partial charge in [-0.3, -0.25) is 0 Å². The number of rotatable bonds is 2. The van der Waals surface area contributed by atoms with Gasteiger partial charge in [0.1, 0.15) is 4.60 Å². The molecule has 0 saturated heterocycles. The number of nitrogens with zero attached hydrogens (tertiary/aromatic N) is 2. The molecule has 1 aromatic heterocycles. The number of halogens is 1. The van der Waals surface area contributed by atoms with Crippen LogP contribution in [0.2, 0.25) is 0 Å². The molecule has 0 spiro atoms. The molecule has 96 valence electrons. The van der Waals surface area contributed by atoms with Crippen molar-refractivity contribution in [3.8, 4) is 11.3 Å². The third-order valence-electron chi connectivity index (χ3n) is 2.64. The summed E-state index contributed by atoms with van der Waals surface area (Å²) in [5.41, 5.74) is 7.36. The van der Waals surface area contributed by atoms with Crippen LogP contribution in [0, 0.1) is 0 Å². The van der Waals surface area contributed by atoms with Crippen LogP contribution in [0.3, 0.4) is 0 Å². The zero-order chi connectivity index (χ0) is 13.5. The molecule has 1 heterocycles. The quantitative estimate of drug-likeness (QED) is 0.911. The van der Waals surface area contributed by atoms with E-state index in [1.807, 2.05) is 0 Å². The second kappa shape index (κ2) is 4.40. The van der Waals surface area contributed by atoms with Crippen molar-refractivity contribution in [3.05, 3.63) is 28.9 Å². The lowest BCUT2D eigenvalue weighted by Gasteiger charge is -2.05. The van der Waals surface area contributed by atoms with Crippen LogP contribution in [0.25, 0.3) is 11.3 Å². The van der Waals surface area contributed by atoms with Gasteiger partial charge in [-0.2, -0.15) is 0 Å². The molecule has 0 aliphatic heterocycles. The lowest BCUT2D eigenvalue weighted by atomic mass is 10.2. The Hall–Kier alpha value is -1.34. The molecule has 0 atom stereocenters. The maximum Gasteiger partial charge on any atom is 0.201 e. The van der Waals surface area contributed by atoms with E-state index in [0.717, 1.165) is 11.3 Å². The topological polar surface area (TPSA) is 78.0 Å². The minimum Gasteiger partial charge on any atom is -0.369 e. The highest BCUT2D eigenvalue weighted by atomic mass is 79.9. The molecule has 5 nitrogen and oxygen atoms in total. The average Bonchev–Trinajstić information content (AvgIpc) is 2.52. The largest absolute Gasteiger partial charge is 0.369 e. The van der Waals surface area contributed by atoms with Crippen molar-refractivity contribution in [2.45, 2.75) is 4.90 Å². The Morgan fingerprint density at radius 1 is 1.28 bits per heavy atom. The Kier molecular flexibility index (Phi) is 3.20. The van der Waals surface area contributed by atoms with E-state index in [1.165, 1.54) is 6.26 Å². The molecule has 2 aromatic rings. The van der Waals surface area contributed by atoms with Gasteiger partial charge in [0.05, 0.1) is 10.6 Å². The molecular formula is C11H12BrN3O2S. The average molecular weight is 330 g/mol. The molecule has 1 aromatic carbocycles. The van der Waals surface area contributed by atoms with Crippen LogP contribution in [0.15, 0.2) is 33.8 Å². The number of nitrogen functional groups attached to an aromatic ring is 1.